The fourth-order valence-corrected chi connectivity index (χ4v) is 2.02. The number of amides is 2. The van der Waals surface area contributed by atoms with Gasteiger partial charge in [0.25, 0.3) is 0 Å². The lowest BCUT2D eigenvalue weighted by molar-refractivity contribution is -0.138. The van der Waals surface area contributed by atoms with E-state index in [0.717, 1.165) is 32.2 Å². The second-order valence-corrected chi connectivity index (χ2v) is 4.26. The molecule has 92 valence electrons. The standard InChI is InChI=1S/C11H20N2O3/c1-3-9-6-4-5-7-13(9)11(16)12-8(2)10(14)15/h8-9H,3-7H2,1-2H3,(H,12,16)(H,14,15). The number of hydrogen-bond acceptors (Lipinski definition) is 2. The quantitative estimate of drug-likeness (QED) is 0.767. The van der Waals surface area contributed by atoms with E-state index < -0.39 is 12.0 Å². The molecule has 0 aromatic rings. The van der Waals surface area contributed by atoms with Gasteiger partial charge < -0.3 is 15.3 Å². The van der Waals surface area contributed by atoms with Gasteiger partial charge in [-0.15, -0.1) is 0 Å². The molecule has 0 spiro atoms. The minimum absolute atomic E-state index is 0.249. The zero-order chi connectivity index (χ0) is 12.1. The van der Waals surface area contributed by atoms with Gasteiger partial charge in [-0.1, -0.05) is 6.92 Å². The largest absolute Gasteiger partial charge is 0.480 e. The average Bonchev–Trinajstić information content (AvgIpc) is 2.28. The first-order valence-electron chi connectivity index (χ1n) is 5.86. The summed E-state index contributed by atoms with van der Waals surface area (Å²) in [4.78, 5) is 24.2. The highest BCUT2D eigenvalue weighted by atomic mass is 16.4. The third-order valence-corrected chi connectivity index (χ3v) is 3.07. The number of nitrogens with zero attached hydrogens (tertiary/aromatic N) is 1. The van der Waals surface area contributed by atoms with Crippen LogP contribution in [0.15, 0.2) is 0 Å². The van der Waals surface area contributed by atoms with Crippen molar-refractivity contribution in [1.82, 2.24) is 10.2 Å². The van der Waals surface area contributed by atoms with E-state index >= 15 is 0 Å². The van der Waals surface area contributed by atoms with Crippen molar-refractivity contribution in [1.29, 1.82) is 0 Å². The average molecular weight is 228 g/mol. The van der Waals surface area contributed by atoms with E-state index in [2.05, 4.69) is 12.2 Å². The van der Waals surface area contributed by atoms with Gasteiger partial charge in [-0.2, -0.15) is 0 Å². The molecular formula is C11H20N2O3. The van der Waals surface area contributed by atoms with Crippen LogP contribution in [0.25, 0.3) is 0 Å². The minimum atomic E-state index is -1.00. The van der Waals surface area contributed by atoms with Gasteiger partial charge in [-0.25, -0.2) is 4.79 Å². The van der Waals surface area contributed by atoms with Gasteiger partial charge in [0.05, 0.1) is 0 Å². The van der Waals surface area contributed by atoms with Crippen LogP contribution in [0.2, 0.25) is 0 Å². The summed E-state index contributed by atoms with van der Waals surface area (Å²) in [5.74, 6) is -1.00. The van der Waals surface area contributed by atoms with Crippen molar-refractivity contribution < 1.29 is 14.7 Å². The van der Waals surface area contributed by atoms with E-state index in [1.807, 2.05) is 0 Å². The fraction of sp³-hybridized carbons (Fsp3) is 0.818. The fourth-order valence-electron chi connectivity index (χ4n) is 2.02. The third kappa shape index (κ3) is 3.12. The third-order valence-electron chi connectivity index (χ3n) is 3.07. The van der Waals surface area contributed by atoms with Crippen molar-refractivity contribution in [2.24, 2.45) is 0 Å². The lowest BCUT2D eigenvalue weighted by Crippen LogP contribution is -2.52. The first-order valence-corrected chi connectivity index (χ1v) is 5.86. The Labute approximate surface area is 95.8 Å². The van der Waals surface area contributed by atoms with Crippen molar-refractivity contribution in [3.8, 4) is 0 Å². The van der Waals surface area contributed by atoms with Crippen molar-refractivity contribution in [3.63, 3.8) is 0 Å². The highest BCUT2D eigenvalue weighted by Crippen LogP contribution is 2.19. The summed E-state index contributed by atoms with van der Waals surface area (Å²) in [6.45, 7) is 4.26. The molecule has 0 radical (unpaired) electrons. The van der Waals surface area contributed by atoms with Gasteiger partial charge >= 0.3 is 12.0 Å². The lowest BCUT2D eigenvalue weighted by Gasteiger charge is -2.35. The zero-order valence-electron chi connectivity index (χ0n) is 9.90. The van der Waals surface area contributed by atoms with E-state index in [1.54, 1.807) is 4.90 Å². The molecule has 0 aromatic carbocycles. The second kappa shape index (κ2) is 5.72. The lowest BCUT2D eigenvalue weighted by atomic mass is 10.0. The molecule has 1 rings (SSSR count). The summed E-state index contributed by atoms with van der Waals surface area (Å²) in [5.41, 5.74) is 0. The first kappa shape index (κ1) is 12.8. The summed E-state index contributed by atoms with van der Waals surface area (Å²) in [6.07, 6.45) is 4.10. The monoisotopic (exact) mass is 228 g/mol. The Bertz CT molecular complexity index is 268. The van der Waals surface area contributed by atoms with E-state index in [9.17, 15) is 9.59 Å². The molecule has 2 atom stereocenters. The molecule has 5 nitrogen and oxygen atoms in total. The smallest absolute Gasteiger partial charge is 0.325 e. The first-order chi connectivity index (χ1) is 7.56. The zero-order valence-corrected chi connectivity index (χ0v) is 9.90. The molecule has 0 aromatic heterocycles. The number of hydrogen-bond donors (Lipinski definition) is 2. The second-order valence-electron chi connectivity index (χ2n) is 4.26. The Morgan fingerprint density at radius 1 is 1.50 bits per heavy atom. The number of carboxylic acids is 1. The van der Waals surface area contributed by atoms with Gasteiger partial charge in [0, 0.05) is 12.6 Å². The van der Waals surface area contributed by atoms with Crippen LogP contribution in [0.4, 0.5) is 4.79 Å². The molecule has 2 amide bonds. The normalized spacial score (nSPS) is 22.6. The maximum Gasteiger partial charge on any atom is 0.325 e. The Hall–Kier alpha value is -1.26. The van der Waals surface area contributed by atoms with Crippen molar-refractivity contribution in [2.45, 2.75) is 51.6 Å². The van der Waals surface area contributed by atoms with Crippen LogP contribution >= 0.6 is 0 Å². The molecule has 0 aliphatic carbocycles. The Morgan fingerprint density at radius 3 is 2.75 bits per heavy atom. The molecule has 1 saturated heterocycles. The maximum atomic E-state index is 11.8. The molecule has 5 heteroatoms. The summed E-state index contributed by atoms with van der Waals surface area (Å²) in [7, 11) is 0. The number of rotatable bonds is 3. The Balaban J connectivity index is 2.54. The van der Waals surface area contributed by atoms with Crippen molar-refractivity contribution in [2.75, 3.05) is 6.54 Å². The van der Waals surface area contributed by atoms with E-state index in [1.165, 1.54) is 6.92 Å². The van der Waals surface area contributed by atoms with Gasteiger partial charge in [0.15, 0.2) is 0 Å². The molecule has 1 aliphatic heterocycles. The predicted molar refractivity (Wildman–Crippen MR) is 60.3 cm³/mol. The van der Waals surface area contributed by atoms with Crippen LogP contribution < -0.4 is 5.32 Å². The number of piperidine rings is 1. The number of likely N-dealkylation sites (tertiary alicyclic amines) is 1. The molecule has 0 saturated carbocycles. The number of urea groups is 1. The highest BCUT2D eigenvalue weighted by Gasteiger charge is 2.26. The summed E-state index contributed by atoms with van der Waals surface area (Å²) >= 11 is 0. The maximum absolute atomic E-state index is 11.8. The number of carbonyl (C=O) groups excluding carboxylic acids is 1. The molecule has 0 bridgehead atoms. The van der Waals surface area contributed by atoms with Gasteiger partial charge in [0.2, 0.25) is 0 Å². The van der Waals surface area contributed by atoms with Gasteiger partial charge in [0.1, 0.15) is 6.04 Å². The summed E-state index contributed by atoms with van der Waals surface area (Å²) < 4.78 is 0. The number of nitrogens with one attached hydrogen (secondary N) is 1. The number of carboxylic acid groups (broad SMARTS) is 1. The van der Waals surface area contributed by atoms with Crippen LogP contribution in [-0.2, 0) is 4.79 Å². The van der Waals surface area contributed by atoms with E-state index in [0.29, 0.717) is 0 Å². The summed E-state index contributed by atoms with van der Waals surface area (Å²) in [5, 5.41) is 11.2. The van der Waals surface area contributed by atoms with Crippen LogP contribution in [0.1, 0.15) is 39.5 Å². The number of aliphatic carboxylic acids is 1. The molecule has 1 fully saturated rings. The molecule has 2 unspecified atom stereocenters. The van der Waals surface area contributed by atoms with E-state index in [-0.39, 0.29) is 12.1 Å². The molecule has 1 heterocycles. The van der Waals surface area contributed by atoms with Crippen LogP contribution in [0.5, 0.6) is 0 Å². The molecule has 2 N–H and O–H groups in total. The minimum Gasteiger partial charge on any atom is -0.480 e. The van der Waals surface area contributed by atoms with Crippen molar-refractivity contribution >= 4 is 12.0 Å². The van der Waals surface area contributed by atoms with Gasteiger partial charge in [-0.3, -0.25) is 4.79 Å². The Kier molecular flexibility index (Phi) is 4.58. The van der Waals surface area contributed by atoms with Gasteiger partial charge in [-0.05, 0) is 32.6 Å². The SMILES string of the molecule is CCC1CCCCN1C(=O)NC(C)C(=O)O. The van der Waals surface area contributed by atoms with E-state index in [4.69, 9.17) is 5.11 Å². The van der Waals surface area contributed by atoms with Crippen LogP contribution in [0.3, 0.4) is 0 Å². The molecule has 16 heavy (non-hydrogen) atoms. The highest BCUT2D eigenvalue weighted by molar-refractivity contribution is 5.82. The summed E-state index contributed by atoms with van der Waals surface area (Å²) in [6, 6.07) is -0.817. The Morgan fingerprint density at radius 2 is 2.19 bits per heavy atom. The topological polar surface area (TPSA) is 69.6 Å². The predicted octanol–water partition coefficient (Wildman–Crippen LogP) is 1.43. The van der Waals surface area contributed by atoms with Crippen molar-refractivity contribution in [3.05, 3.63) is 0 Å². The molecular weight excluding hydrogens is 208 g/mol. The van der Waals surface area contributed by atoms with Crippen LogP contribution in [0, 0.1) is 0 Å². The van der Waals surface area contributed by atoms with Crippen LogP contribution in [-0.4, -0.2) is 40.6 Å². The molecule has 1 aliphatic rings. The number of carbonyl (C=O) groups is 2.